The molecule has 2 atom stereocenters. The third kappa shape index (κ3) is 3.01. The van der Waals surface area contributed by atoms with Crippen LogP contribution in [0.2, 0.25) is 0 Å². The van der Waals surface area contributed by atoms with Gasteiger partial charge in [0.1, 0.15) is 11.9 Å². The Labute approximate surface area is 90.2 Å². The molecule has 0 bridgehead atoms. The summed E-state index contributed by atoms with van der Waals surface area (Å²) < 4.78 is 19.0. The van der Waals surface area contributed by atoms with Crippen LogP contribution < -0.4 is 5.73 Å². The highest BCUT2D eigenvalue weighted by Gasteiger charge is 2.21. The summed E-state index contributed by atoms with van der Waals surface area (Å²) in [7, 11) is 0. The second-order valence-electron chi connectivity index (χ2n) is 3.47. The van der Waals surface area contributed by atoms with Gasteiger partial charge in [-0.2, -0.15) is 0 Å². The van der Waals surface area contributed by atoms with E-state index in [2.05, 4.69) is 0 Å². The minimum atomic E-state index is -0.346. The molecule has 1 aromatic carbocycles. The summed E-state index contributed by atoms with van der Waals surface area (Å²) in [5.74, 6) is -0.250. The van der Waals surface area contributed by atoms with Crippen molar-refractivity contribution in [2.45, 2.75) is 32.4 Å². The third-order valence-corrected chi connectivity index (χ3v) is 2.42. The van der Waals surface area contributed by atoms with Crippen molar-refractivity contribution in [3.8, 4) is 0 Å². The van der Waals surface area contributed by atoms with E-state index in [0.717, 1.165) is 6.42 Å². The molecule has 84 valence electrons. The zero-order valence-electron chi connectivity index (χ0n) is 9.24. The van der Waals surface area contributed by atoms with E-state index in [1.807, 2.05) is 13.8 Å². The minimum Gasteiger partial charge on any atom is -0.372 e. The van der Waals surface area contributed by atoms with Crippen molar-refractivity contribution in [2.75, 3.05) is 6.61 Å². The summed E-state index contributed by atoms with van der Waals surface area (Å²) in [4.78, 5) is 0. The van der Waals surface area contributed by atoms with Crippen LogP contribution in [0.15, 0.2) is 24.3 Å². The molecule has 0 aliphatic carbocycles. The topological polar surface area (TPSA) is 35.2 Å². The van der Waals surface area contributed by atoms with Crippen LogP contribution in [0.3, 0.4) is 0 Å². The van der Waals surface area contributed by atoms with E-state index in [0.29, 0.717) is 12.2 Å². The normalized spacial score (nSPS) is 14.9. The molecule has 0 amide bonds. The average Bonchev–Trinajstić information content (AvgIpc) is 2.26. The molecule has 0 saturated carbocycles. The number of hydrogen-bond acceptors (Lipinski definition) is 2. The molecule has 0 aromatic heterocycles. The van der Waals surface area contributed by atoms with E-state index in [4.69, 9.17) is 10.5 Å². The maximum Gasteiger partial charge on any atom is 0.129 e. The van der Waals surface area contributed by atoms with E-state index in [1.54, 1.807) is 18.2 Å². The summed E-state index contributed by atoms with van der Waals surface area (Å²) in [6.45, 7) is 4.39. The van der Waals surface area contributed by atoms with Gasteiger partial charge in [0.25, 0.3) is 0 Å². The van der Waals surface area contributed by atoms with Crippen LogP contribution in [0, 0.1) is 5.82 Å². The summed E-state index contributed by atoms with van der Waals surface area (Å²) in [5.41, 5.74) is 6.46. The first-order valence-corrected chi connectivity index (χ1v) is 5.32. The number of benzene rings is 1. The van der Waals surface area contributed by atoms with Crippen molar-refractivity contribution < 1.29 is 9.13 Å². The predicted octanol–water partition coefficient (Wildman–Crippen LogP) is 2.64. The lowest BCUT2D eigenvalue weighted by Crippen LogP contribution is -2.30. The first-order valence-electron chi connectivity index (χ1n) is 5.32. The molecule has 2 N–H and O–H groups in total. The van der Waals surface area contributed by atoms with Gasteiger partial charge in [-0.05, 0) is 19.4 Å². The predicted molar refractivity (Wildman–Crippen MR) is 59.0 cm³/mol. The number of rotatable bonds is 5. The number of hydrogen-bond donors (Lipinski definition) is 1. The fourth-order valence-corrected chi connectivity index (χ4v) is 1.54. The van der Waals surface area contributed by atoms with E-state index in [-0.39, 0.29) is 18.0 Å². The molecule has 1 rings (SSSR count). The molecular weight excluding hydrogens is 193 g/mol. The fraction of sp³-hybridized carbons (Fsp3) is 0.500. The first kappa shape index (κ1) is 12.1. The highest BCUT2D eigenvalue weighted by Crippen LogP contribution is 2.24. The Morgan fingerprint density at radius 1 is 1.33 bits per heavy atom. The molecule has 15 heavy (non-hydrogen) atoms. The van der Waals surface area contributed by atoms with Crippen molar-refractivity contribution in [3.63, 3.8) is 0 Å². The lowest BCUT2D eigenvalue weighted by atomic mass is 10.0. The lowest BCUT2D eigenvalue weighted by molar-refractivity contribution is 0.0399. The summed E-state index contributed by atoms with van der Waals surface area (Å²) in [6.07, 6.45) is 0.417. The molecule has 3 heteroatoms. The Balaban J connectivity index is 2.93. The Bertz CT molecular complexity index is 303. The van der Waals surface area contributed by atoms with Crippen LogP contribution in [0.4, 0.5) is 4.39 Å². The van der Waals surface area contributed by atoms with E-state index < -0.39 is 0 Å². The fourth-order valence-electron chi connectivity index (χ4n) is 1.54. The smallest absolute Gasteiger partial charge is 0.129 e. The molecule has 2 unspecified atom stereocenters. The first-order chi connectivity index (χ1) is 7.20. The van der Waals surface area contributed by atoms with Crippen LogP contribution in [0.1, 0.15) is 31.9 Å². The second kappa shape index (κ2) is 5.83. The highest BCUT2D eigenvalue weighted by molar-refractivity contribution is 5.21. The summed E-state index contributed by atoms with van der Waals surface area (Å²) in [6, 6.07) is 6.46. The molecule has 0 spiro atoms. The van der Waals surface area contributed by atoms with Crippen molar-refractivity contribution >= 4 is 0 Å². The van der Waals surface area contributed by atoms with Crippen molar-refractivity contribution in [1.29, 1.82) is 0 Å². The molecule has 0 heterocycles. The standard InChI is InChI=1S/C12H18FNO/c1-3-11(14)12(15-4-2)9-7-5-6-8-10(9)13/h5-8,11-12H,3-4,14H2,1-2H3. The molecule has 0 aliphatic heterocycles. The maximum absolute atomic E-state index is 13.5. The Morgan fingerprint density at radius 2 is 2.00 bits per heavy atom. The second-order valence-corrected chi connectivity index (χ2v) is 3.47. The molecule has 0 aliphatic rings. The maximum atomic E-state index is 13.5. The van der Waals surface area contributed by atoms with Gasteiger partial charge in [-0.1, -0.05) is 25.1 Å². The largest absolute Gasteiger partial charge is 0.372 e. The molecular formula is C12H18FNO. The zero-order chi connectivity index (χ0) is 11.3. The number of nitrogens with two attached hydrogens (primary N) is 1. The SMILES string of the molecule is CCOC(c1ccccc1F)C(N)CC. The van der Waals surface area contributed by atoms with Gasteiger partial charge in [-0.15, -0.1) is 0 Å². The number of ether oxygens (including phenoxy) is 1. The van der Waals surface area contributed by atoms with Gasteiger partial charge in [0, 0.05) is 18.2 Å². The quantitative estimate of drug-likeness (QED) is 0.812. The molecule has 0 fully saturated rings. The monoisotopic (exact) mass is 211 g/mol. The van der Waals surface area contributed by atoms with Gasteiger partial charge < -0.3 is 10.5 Å². The Hall–Kier alpha value is -0.930. The van der Waals surface area contributed by atoms with Gasteiger partial charge in [0.2, 0.25) is 0 Å². The van der Waals surface area contributed by atoms with Gasteiger partial charge in [-0.3, -0.25) is 0 Å². The van der Waals surface area contributed by atoms with Gasteiger partial charge >= 0.3 is 0 Å². The van der Waals surface area contributed by atoms with E-state index >= 15 is 0 Å². The molecule has 0 radical (unpaired) electrons. The van der Waals surface area contributed by atoms with Gasteiger partial charge in [0.05, 0.1) is 0 Å². The van der Waals surface area contributed by atoms with Crippen LogP contribution in [0.5, 0.6) is 0 Å². The average molecular weight is 211 g/mol. The molecule has 0 saturated heterocycles. The van der Waals surface area contributed by atoms with Crippen LogP contribution in [-0.4, -0.2) is 12.6 Å². The van der Waals surface area contributed by atoms with Gasteiger partial charge in [-0.25, -0.2) is 4.39 Å². The molecule has 1 aromatic rings. The van der Waals surface area contributed by atoms with E-state index in [9.17, 15) is 4.39 Å². The Kier molecular flexibility index (Phi) is 4.72. The van der Waals surface area contributed by atoms with Crippen LogP contribution in [-0.2, 0) is 4.74 Å². The third-order valence-electron chi connectivity index (χ3n) is 2.42. The van der Waals surface area contributed by atoms with Crippen LogP contribution in [0.25, 0.3) is 0 Å². The summed E-state index contributed by atoms with van der Waals surface area (Å²) in [5, 5.41) is 0. The van der Waals surface area contributed by atoms with E-state index in [1.165, 1.54) is 6.07 Å². The van der Waals surface area contributed by atoms with Crippen molar-refractivity contribution in [1.82, 2.24) is 0 Å². The van der Waals surface area contributed by atoms with Gasteiger partial charge in [0.15, 0.2) is 0 Å². The lowest BCUT2D eigenvalue weighted by Gasteiger charge is -2.23. The zero-order valence-corrected chi connectivity index (χ0v) is 9.24. The number of halogens is 1. The minimum absolute atomic E-state index is 0.165. The van der Waals surface area contributed by atoms with Crippen molar-refractivity contribution in [2.24, 2.45) is 5.73 Å². The Morgan fingerprint density at radius 3 is 2.53 bits per heavy atom. The molecule has 2 nitrogen and oxygen atoms in total. The van der Waals surface area contributed by atoms with Crippen LogP contribution >= 0.6 is 0 Å². The summed E-state index contributed by atoms with van der Waals surface area (Å²) >= 11 is 0. The highest BCUT2D eigenvalue weighted by atomic mass is 19.1. The van der Waals surface area contributed by atoms with Crippen molar-refractivity contribution in [3.05, 3.63) is 35.6 Å².